The Hall–Kier alpha value is -1.42. The molecule has 0 aliphatic rings. The molecule has 1 aromatic heterocycles. The van der Waals surface area contributed by atoms with Crippen molar-refractivity contribution < 1.29 is 4.79 Å². The van der Waals surface area contributed by atoms with E-state index in [9.17, 15) is 4.79 Å². The van der Waals surface area contributed by atoms with Crippen LogP contribution in [-0.2, 0) is 11.2 Å². The highest BCUT2D eigenvalue weighted by Crippen LogP contribution is 1.98. The SMILES string of the molecule is CCN(CC)C(=O)C(C)NCCc1ccncc1. The van der Waals surface area contributed by atoms with Gasteiger partial charge in [-0.15, -0.1) is 0 Å². The Kier molecular flexibility index (Phi) is 6.36. The van der Waals surface area contributed by atoms with Crippen LogP contribution in [0.25, 0.3) is 0 Å². The van der Waals surface area contributed by atoms with E-state index in [1.807, 2.05) is 37.8 Å². The maximum Gasteiger partial charge on any atom is 0.239 e. The summed E-state index contributed by atoms with van der Waals surface area (Å²) in [6.45, 7) is 8.28. The molecule has 1 unspecified atom stereocenters. The van der Waals surface area contributed by atoms with Crippen LogP contribution < -0.4 is 5.32 Å². The van der Waals surface area contributed by atoms with E-state index in [0.717, 1.165) is 26.1 Å². The van der Waals surface area contributed by atoms with Gasteiger partial charge in [-0.3, -0.25) is 9.78 Å². The average molecular weight is 249 g/mol. The van der Waals surface area contributed by atoms with Gasteiger partial charge in [0, 0.05) is 25.5 Å². The molecule has 0 fully saturated rings. The number of nitrogens with zero attached hydrogens (tertiary/aromatic N) is 2. The van der Waals surface area contributed by atoms with E-state index in [-0.39, 0.29) is 11.9 Å². The van der Waals surface area contributed by atoms with Gasteiger partial charge >= 0.3 is 0 Å². The lowest BCUT2D eigenvalue weighted by molar-refractivity contribution is -0.132. The highest BCUT2D eigenvalue weighted by molar-refractivity contribution is 5.81. The number of carbonyl (C=O) groups is 1. The molecule has 0 saturated heterocycles. The first-order valence-electron chi connectivity index (χ1n) is 6.60. The highest BCUT2D eigenvalue weighted by atomic mass is 16.2. The number of pyridine rings is 1. The minimum Gasteiger partial charge on any atom is -0.342 e. The van der Waals surface area contributed by atoms with Crippen molar-refractivity contribution in [2.24, 2.45) is 0 Å². The molecule has 0 saturated carbocycles. The molecule has 0 spiro atoms. The molecule has 0 radical (unpaired) electrons. The lowest BCUT2D eigenvalue weighted by Gasteiger charge is -2.23. The molecule has 0 aromatic carbocycles. The van der Waals surface area contributed by atoms with Crippen molar-refractivity contribution in [1.29, 1.82) is 0 Å². The monoisotopic (exact) mass is 249 g/mol. The van der Waals surface area contributed by atoms with Crippen molar-refractivity contribution in [1.82, 2.24) is 15.2 Å². The van der Waals surface area contributed by atoms with Gasteiger partial charge in [-0.25, -0.2) is 0 Å². The molecule has 18 heavy (non-hydrogen) atoms. The van der Waals surface area contributed by atoms with Gasteiger partial charge in [0.05, 0.1) is 6.04 Å². The molecule has 100 valence electrons. The second-order valence-electron chi connectivity index (χ2n) is 4.29. The van der Waals surface area contributed by atoms with Crippen LogP contribution in [0.2, 0.25) is 0 Å². The number of aromatic nitrogens is 1. The predicted molar refractivity (Wildman–Crippen MR) is 73.3 cm³/mol. The Morgan fingerprint density at radius 3 is 2.50 bits per heavy atom. The van der Waals surface area contributed by atoms with Crippen molar-refractivity contribution >= 4 is 5.91 Å². The molecule has 1 atom stereocenters. The molecule has 0 bridgehead atoms. The summed E-state index contributed by atoms with van der Waals surface area (Å²) in [5.41, 5.74) is 1.24. The van der Waals surface area contributed by atoms with Gasteiger partial charge in [-0.1, -0.05) is 0 Å². The Morgan fingerprint density at radius 2 is 1.94 bits per heavy atom. The van der Waals surface area contributed by atoms with Crippen LogP contribution in [0, 0.1) is 0 Å². The van der Waals surface area contributed by atoms with Gasteiger partial charge in [-0.2, -0.15) is 0 Å². The molecule has 1 N–H and O–H groups in total. The molecule has 1 aromatic rings. The van der Waals surface area contributed by atoms with E-state index < -0.39 is 0 Å². The van der Waals surface area contributed by atoms with Crippen molar-refractivity contribution in [3.8, 4) is 0 Å². The fraction of sp³-hybridized carbons (Fsp3) is 0.571. The highest BCUT2D eigenvalue weighted by Gasteiger charge is 2.16. The summed E-state index contributed by atoms with van der Waals surface area (Å²) in [5.74, 6) is 0.176. The summed E-state index contributed by atoms with van der Waals surface area (Å²) in [6.07, 6.45) is 4.50. The van der Waals surface area contributed by atoms with E-state index in [1.54, 1.807) is 12.4 Å². The van der Waals surface area contributed by atoms with Crippen LogP contribution >= 0.6 is 0 Å². The summed E-state index contributed by atoms with van der Waals surface area (Å²) in [7, 11) is 0. The minimum absolute atomic E-state index is 0.119. The third-order valence-electron chi connectivity index (χ3n) is 3.06. The van der Waals surface area contributed by atoms with Crippen molar-refractivity contribution in [2.75, 3.05) is 19.6 Å². The summed E-state index contributed by atoms with van der Waals surface area (Å²) in [5, 5.41) is 3.27. The first-order valence-corrected chi connectivity index (χ1v) is 6.60. The van der Waals surface area contributed by atoms with Crippen molar-refractivity contribution in [2.45, 2.75) is 33.2 Å². The second-order valence-corrected chi connectivity index (χ2v) is 4.29. The largest absolute Gasteiger partial charge is 0.342 e. The van der Waals surface area contributed by atoms with Gasteiger partial charge in [-0.05, 0) is 51.4 Å². The number of hydrogen-bond acceptors (Lipinski definition) is 3. The number of rotatable bonds is 7. The number of nitrogens with one attached hydrogen (secondary N) is 1. The lowest BCUT2D eigenvalue weighted by Crippen LogP contribution is -2.45. The Labute approximate surface area is 109 Å². The van der Waals surface area contributed by atoms with E-state index in [0.29, 0.717) is 0 Å². The van der Waals surface area contributed by atoms with Crippen LogP contribution in [0.3, 0.4) is 0 Å². The zero-order valence-electron chi connectivity index (χ0n) is 11.5. The molecular formula is C14H23N3O. The van der Waals surface area contributed by atoms with Gasteiger partial charge < -0.3 is 10.2 Å². The van der Waals surface area contributed by atoms with E-state index in [2.05, 4.69) is 10.3 Å². The summed E-state index contributed by atoms with van der Waals surface area (Å²) < 4.78 is 0. The number of likely N-dealkylation sites (N-methyl/N-ethyl adjacent to an activating group) is 1. The van der Waals surface area contributed by atoms with Crippen LogP contribution in [0.4, 0.5) is 0 Å². The zero-order valence-corrected chi connectivity index (χ0v) is 11.5. The van der Waals surface area contributed by atoms with Crippen molar-refractivity contribution in [3.05, 3.63) is 30.1 Å². The summed E-state index contributed by atoms with van der Waals surface area (Å²) in [4.78, 5) is 17.8. The van der Waals surface area contributed by atoms with E-state index in [4.69, 9.17) is 0 Å². The van der Waals surface area contributed by atoms with E-state index >= 15 is 0 Å². The lowest BCUT2D eigenvalue weighted by atomic mass is 10.2. The first kappa shape index (κ1) is 14.6. The number of hydrogen-bond donors (Lipinski definition) is 1. The fourth-order valence-corrected chi connectivity index (χ4v) is 1.88. The maximum absolute atomic E-state index is 12.0. The summed E-state index contributed by atoms with van der Waals surface area (Å²) >= 11 is 0. The molecule has 1 rings (SSSR count). The van der Waals surface area contributed by atoms with Gasteiger partial charge in [0.1, 0.15) is 0 Å². The van der Waals surface area contributed by atoms with Crippen LogP contribution in [0.1, 0.15) is 26.3 Å². The molecule has 4 nitrogen and oxygen atoms in total. The number of carbonyl (C=O) groups excluding carboxylic acids is 1. The fourth-order valence-electron chi connectivity index (χ4n) is 1.88. The first-order chi connectivity index (χ1) is 8.69. The van der Waals surface area contributed by atoms with Gasteiger partial charge in [0.25, 0.3) is 0 Å². The quantitative estimate of drug-likeness (QED) is 0.796. The topological polar surface area (TPSA) is 45.2 Å². The maximum atomic E-state index is 12.0. The molecule has 1 heterocycles. The van der Waals surface area contributed by atoms with E-state index in [1.165, 1.54) is 5.56 Å². The summed E-state index contributed by atoms with van der Waals surface area (Å²) in [6, 6.07) is 3.88. The predicted octanol–water partition coefficient (Wildman–Crippen LogP) is 1.47. The molecule has 4 heteroatoms. The van der Waals surface area contributed by atoms with Crippen LogP contribution in [-0.4, -0.2) is 41.5 Å². The standard InChI is InChI=1S/C14H23N3O/c1-4-17(5-2)14(18)12(3)16-11-8-13-6-9-15-10-7-13/h6-7,9-10,12,16H,4-5,8,11H2,1-3H3. The minimum atomic E-state index is -0.119. The normalized spacial score (nSPS) is 12.2. The molecule has 1 amide bonds. The molecular weight excluding hydrogens is 226 g/mol. The van der Waals surface area contributed by atoms with Crippen LogP contribution in [0.15, 0.2) is 24.5 Å². The Bertz CT molecular complexity index is 349. The van der Waals surface area contributed by atoms with Crippen LogP contribution in [0.5, 0.6) is 0 Å². The molecule has 0 aliphatic carbocycles. The van der Waals surface area contributed by atoms with Crippen molar-refractivity contribution in [3.63, 3.8) is 0 Å². The van der Waals surface area contributed by atoms with Gasteiger partial charge in [0.2, 0.25) is 5.91 Å². The van der Waals surface area contributed by atoms with Gasteiger partial charge in [0.15, 0.2) is 0 Å². The third kappa shape index (κ3) is 4.45. The smallest absolute Gasteiger partial charge is 0.239 e. The Morgan fingerprint density at radius 1 is 1.33 bits per heavy atom. The zero-order chi connectivity index (χ0) is 13.4. The average Bonchev–Trinajstić information content (AvgIpc) is 2.41. The molecule has 0 aliphatic heterocycles. The second kappa shape index (κ2) is 7.82. The Balaban J connectivity index is 2.33. The number of amides is 1. The third-order valence-corrected chi connectivity index (χ3v) is 3.06.